The summed E-state index contributed by atoms with van der Waals surface area (Å²) in [6, 6.07) is 12.0. The highest BCUT2D eigenvalue weighted by atomic mass is 32.2. The third kappa shape index (κ3) is 3.60. The number of sulfonamides is 1. The van der Waals surface area contributed by atoms with Crippen molar-refractivity contribution in [3.63, 3.8) is 0 Å². The van der Waals surface area contributed by atoms with Crippen molar-refractivity contribution in [2.75, 3.05) is 14.1 Å². The van der Waals surface area contributed by atoms with Crippen LogP contribution in [0.1, 0.15) is 39.5 Å². The molecule has 1 amide bonds. The molecule has 0 saturated heterocycles. The van der Waals surface area contributed by atoms with Crippen LogP contribution in [0.2, 0.25) is 0 Å². The van der Waals surface area contributed by atoms with E-state index < -0.39 is 10.0 Å². The van der Waals surface area contributed by atoms with E-state index >= 15 is 0 Å². The van der Waals surface area contributed by atoms with Gasteiger partial charge in [-0.25, -0.2) is 13.1 Å². The van der Waals surface area contributed by atoms with Gasteiger partial charge in [-0.3, -0.25) is 4.79 Å². The van der Waals surface area contributed by atoms with Crippen molar-refractivity contribution in [3.05, 3.63) is 64.7 Å². The molecule has 2 aromatic carbocycles. The number of fused-ring (bicyclic) bond motifs is 1. The minimum atomic E-state index is -3.70. The van der Waals surface area contributed by atoms with Crippen molar-refractivity contribution in [2.45, 2.75) is 30.7 Å². The summed E-state index contributed by atoms with van der Waals surface area (Å²) in [4.78, 5) is 13.6. The van der Waals surface area contributed by atoms with Crippen LogP contribution < -0.4 is 4.72 Å². The molecule has 1 atom stereocenters. The van der Waals surface area contributed by atoms with Gasteiger partial charge in [0, 0.05) is 25.7 Å². The summed E-state index contributed by atoms with van der Waals surface area (Å²) >= 11 is 0. The van der Waals surface area contributed by atoms with Gasteiger partial charge in [0.2, 0.25) is 10.0 Å². The van der Waals surface area contributed by atoms with Crippen molar-refractivity contribution < 1.29 is 13.2 Å². The van der Waals surface area contributed by atoms with Crippen molar-refractivity contribution in [3.8, 4) is 0 Å². The number of benzene rings is 2. The number of nitrogens with one attached hydrogen (secondary N) is 1. The maximum atomic E-state index is 12.8. The summed E-state index contributed by atoms with van der Waals surface area (Å²) in [7, 11) is -0.423. The molecule has 0 radical (unpaired) electrons. The van der Waals surface area contributed by atoms with Gasteiger partial charge in [0.05, 0.1) is 4.90 Å². The van der Waals surface area contributed by atoms with Gasteiger partial charge < -0.3 is 4.90 Å². The van der Waals surface area contributed by atoms with E-state index in [4.69, 9.17) is 0 Å². The monoisotopic (exact) mass is 358 g/mol. The fraction of sp³-hybridized carbons (Fsp3) is 0.316. The molecule has 0 fully saturated rings. The maximum Gasteiger partial charge on any atom is 0.253 e. The second-order valence-electron chi connectivity index (χ2n) is 6.64. The number of hydrogen-bond donors (Lipinski definition) is 1. The maximum absolute atomic E-state index is 12.8. The molecule has 0 heterocycles. The Bertz CT molecular complexity index is 920. The summed E-state index contributed by atoms with van der Waals surface area (Å²) < 4.78 is 28.3. The van der Waals surface area contributed by atoms with Gasteiger partial charge in [-0.15, -0.1) is 0 Å². The number of aryl methyl sites for hydroxylation is 2. The fourth-order valence-electron chi connectivity index (χ4n) is 3.18. The predicted octanol–water partition coefficient (Wildman–Crippen LogP) is 2.66. The first kappa shape index (κ1) is 17.6. The van der Waals surface area contributed by atoms with E-state index in [1.807, 2.05) is 19.1 Å². The van der Waals surface area contributed by atoms with Crippen molar-refractivity contribution in [2.24, 2.45) is 0 Å². The zero-order valence-corrected chi connectivity index (χ0v) is 15.4. The van der Waals surface area contributed by atoms with Crippen LogP contribution in [0.5, 0.6) is 0 Å². The van der Waals surface area contributed by atoms with E-state index in [-0.39, 0.29) is 16.8 Å². The van der Waals surface area contributed by atoms with Crippen LogP contribution in [-0.4, -0.2) is 33.3 Å². The number of hydrogen-bond acceptors (Lipinski definition) is 3. The van der Waals surface area contributed by atoms with E-state index in [0.29, 0.717) is 5.56 Å². The zero-order valence-electron chi connectivity index (χ0n) is 14.6. The lowest BCUT2D eigenvalue weighted by atomic mass is 10.1. The van der Waals surface area contributed by atoms with Gasteiger partial charge in [-0.1, -0.05) is 29.8 Å². The quantitative estimate of drug-likeness (QED) is 0.914. The predicted molar refractivity (Wildman–Crippen MR) is 97.0 cm³/mol. The molecular formula is C19H22N2O3S. The van der Waals surface area contributed by atoms with Gasteiger partial charge in [0.1, 0.15) is 0 Å². The molecule has 0 spiro atoms. The Morgan fingerprint density at radius 2 is 1.92 bits per heavy atom. The Morgan fingerprint density at radius 1 is 1.16 bits per heavy atom. The summed E-state index contributed by atoms with van der Waals surface area (Å²) in [5.74, 6) is -0.223. The van der Waals surface area contributed by atoms with Gasteiger partial charge in [-0.05, 0) is 49.1 Å². The molecule has 25 heavy (non-hydrogen) atoms. The molecule has 0 bridgehead atoms. The lowest BCUT2D eigenvalue weighted by molar-refractivity contribution is 0.0827. The number of carbonyl (C=O) groups excluding carboxylic acids is 1. The first-order valence-electron chi connectivity index (χ1n) is 8.21. The molecule has 5 nitrogen and oxygen atoms in total. The fourth-order valence-corrected chi connectivity index (χ4v) is 4.47. The standard InChI is InChI=1S/C19H22N2O3S/c1-13-7-9-17-14(11-13)8-10-18(17)20-25(23,24)16-6-4-5-15(12-16)19(22)21(2)3/h4-7,9,11-12,18,20H,8,10H2,1-3H3. The highest BCUT2D eigenvalue weighted by Gasteiger charge is 2.27. The van der Waals surface area contributed by atoms with Crippen LogP contribution in [0.25, 0.3) is 0 Å². The van der Waals surface area contributed by atoms with Crippen LogP contribution >= 0.6 is 0 Å². The van der Waals surface area contributed by atoms with Crippen molar-refractivity contribution in [1.82, 2.24) is 9.62 Å². The highest BCUT2D eigenvalue weighted by Crippen LogP contribution is 2.33. The van der Waals surface area contributed by atoms with Gasteiger partial charge >= 0.3 is 0 Å². The minimum Gasteiger partial charge on any atom is -0.345 e. The van der Waals surface area contributed by atoms with E-state index in [9.17, 15) is 13.2 Å². The molecule has 0 saturated carbocycles. The Hall–Kier alpha value is -2.18. The average Bonchev–Trinajstić information content (AvgIpc) is 2.95. The molecule has 1 aliphatic rings. The normalized spacial score (nSPS) is 16.5. The molecule has 3 rings (SSSR count). The molecule has 1 unspecified atom stereocenters. The molecule has 0 aliphatic heterocycles. The first-order valence-corrected chi connectivity index (χ1v) is 9.70. The van der Waals surface area contributed by atoms with E-state index in [2.05, 4.69) is 10.8 Å². The topological polar surface area (TPSA) is 66.5 Å². The number of amides is 1. The Kier molecular flexibility index (Phi) is 4.67. The molecule has 132 valence electrons. The van der Waals surface area contributed by atoms with E-state index in [1.54, 1.807) is 26.2 Å². The first-order chi connectivity index (χ1) is 11.8. The minimum absolute atomic E-state index is 0.112. The summed E-state index contributed by atoms with van der Waals surface area (Å²) in [5.41, 5.74) is 3.77. The SMILES string of the molecule is Cc1ccc2c(c1)CCC2NS(=O)(=O)c1cccc(C(=O)N(C)C)c1. The average molecular weight is 358 g/mol. The van der Waals surface area contributed by atoms with Gasteiger partial charge in [0.25, 0.3) is 5.91 Å². The molecule has 0 aromatic heterocycles. The third-order valence-electron chi connectivity index (χ3n) is 4.47. The number of nitrogens with zero attached hydrogens (tertiary/aromatic N) is 1. The van der Waals surface area contributed by atoms with Crippen LogP contribution in [0.15, 0.2) is 47.4 Å². The number of carbonyl (C=O) groups is 1. The van der Waals surface area contributed by atoms with Crippen LogP contribution in [0.4, 0.5) is 0 Å². The number of rotatable bonds is 4. The lowest BCUT2D eigenvalue weighted by Gasteiger charge is -2.16. The second kappa shape index (κ2) is 6.61. The van der Waals surface area contributed by atoms with E-state index in [0.717, 1.165) is 18.4 Å². The van der Waals surface area contributed by atoms with Crippen LogP contribution in [-0.2, 0) is 16.4 Å². The highest BCUT2D eigenvalue weighted by molar-refractivity contribution is 7.89. The summed E-state index contributed by atoms with van der Waals surface area (Å²) in [6.45, 7) is 2.03. The van der Waals surface area contributed by atoms with Crippen LogP contribution in [0, 0.1) is 6.92 Å². The molecule has 1 N–H and O–H groups in total. The Balaban J connectivity index is 1.87. The van der Waals surface area contributed by atoms with Crippen molar-refractivity contribution in [1.29, 1.82) is 0 Å². The van der Waals surface area contributed by atoms with Crippen molar-refractivity contribution >= 4 is 15.9 Å². The largest absolute Gasteiger partial charge is 0.345 e. The van der Waals surface area contributed by atoms with E-state index in [1.165, 1.54) is 28.2 Å². The Morgan fingerprint density at radius 3 is 2.64 bits per heavy atom. The zero-order chi connectivity index (χ0) is 18.2. The van der Waals surface area contributed by atoms with Gasteiger partial charge in [-0.2, -0.15) is 0 Å². The van der Waals surface area contributed by atoms with Crippen LogP contribution in [0.3, 0.4) is 0 Å². The molecule has 2 aromatic rings. The second-order valence-corrected chi connectivity index (χ2v) is 8.36. The molecule has 1 aliphatic carbocycles. The summed E-state index contributed by atoms with van der Waals surface area (Å²) in [6.07, 6.45) is 1.61. The third-order valence-corrected chi connectivity index (χ3v) is 5.94. The Labute approximate surface area is 148 Å². The molecule has 6 heteroatoms. The van der Waals surface area contributed by atoms with Gasteiger partial charge in [0.15, 0.2) is 0 Å². The lowest BCUT2D eigenvalue weighted by Crippen LogP contribution is -2.28. The summed E-state index contributed by atoms with van der Waals surface area (Å²) in [5, 5.41) is 0. The smallest absolute Gasteiger partial charge is 0.253 e. The molecular weight excluding hydrogens is 336 g/mol.